The number of halogens is 1. The van der Waals surface area contributed by atoms with Crippen molar-refractivity contribution in [2.45, 2.75) is 19.9 Å². The minimum atomic E-state index is -0.204. The maximum atomic E-state index is 11.4. The molecule has 0 unspecified atom stereocenters. The summed E-state index contributed by atoms with van der Waals surface area (Å²) in [6, 6.07) is 3.97. The van der Waals surface area contributed by atoms with E-state index in [-0.39, 0.29) is 5.56 Å². The quantitative estimate of drug-likeness (QED) is 0.907. The van der Waals surface area contributed by atoms with Crippen LogP contribution >= 0.6 is 15.9 Å². The Hall–Kier alpha value is -1.69. The summed E-state index contributed by atoms with van der Waals surface area (Å²) in [6.07, 6.45) is 4.06. The molecule has 2 aromatic rings. The average Bonchev–Trinajstić information content (AvgIpc) is 2.41. The van der Waals surface area contributed by atoms with E-state index < -0.39 is 0 Å². The van der Waals surface area contributed by atoms with E-state index in [1.54, 1.807) is 6.20 Å². The molecular weight excluding hydrogens is 296 g/mol. The second kappa shape index (κ2) is 5.77. The van der Waals surface area contributed by atoms with Crippen molar-refractivity contribution in [1.29, 1.82) is 0 Å². The molecule has 0 spiro atoms. The van der Waals surface area contributed by atoms with Crippen LogP contribution in [0.1, 0.15) is 18.2 Å². The maximum absolute atomic E-state index is 11.4. The van der Waals surface area contributed by atoms with Gasteiger partial charge in [0.1, 0.15) is 10.3 Å². The van der Waals surface area contributed by atoms with Crippen molar-refractivity contribution >= 4 is 21.7 Å². The van der Waals surface area contributed by atoms with Crippen LogP contribution in [0.4, 0.5) is 5.82 Å². The predicted molar refractivity (Wildman–Crippen MR) is 73.5 cm³/mol. The highest BCUT2D eigenvalue weighted by Crippen LogP contribution is 2.15. The van der Waals surface area contributed by atoms with Crippen molar-refractivity contribution in [3.8, 4) is 0 Å². The smallest absolute Gasteiger partial charge is 0.267 e. The Balaban J connectivity index is 2.16. The van der Waals surface area contributed by atoms with Crippen molar-refractivity contribution in [2.75, 3.05) is 5.32 Å². The highest BCUT2D eigenvalue weighted by atomic mass is 79.9. The molecule has 2 rings (SSSR count). The number of rotatable bonds is 4. The first-order chi connectivity index (χ1) is 8.72. The van der Waals surface area contributed by atoms with Crippen molar-refractivity contribution in [2.24, 2.45) is 0 Å². The molecule has 0 radical (unpaired) electrons. The second-order valence-electron chi connectivity index (χ2n) is 3.71. The molecule has 18 heavy (non-hydrogen) atoms. The van der Waals surface area contributed by atoms with Gasteiger partial charge in [-0.2, -0.15) is 0 Å². The van der Waals surface area contributed by atoms with E-state index >= 15 is 0 Å². The molecule has 94 valence electrons. The molecule has 0 amide bonds. The van der Waals surface area contributed by atoms with E-state index in [1.807, 2.05) is 12.1 Å². The molecule has 2 N–H and O–H groups in total. The Morgan fingerprint density at radius 2 is 2.28 bits per heavy atom. The van der Waals surface area contributed by atoms with E-state index in [2.05, 4.69) is 43.1 Å². The lowest BCUT2D eigenvalue weighted by molar-refractivity contribution is 0.956. The van der Waals surface area contributed by atoms with Crippen molar-refractivity contribution in [1.82, 2.24) is 15.0 Å². The van der Waals surface area contributed by atoms with Crippen LogP contribution in [0.2, 0.25) is 0 Å². The van der Waals surface area contributed by atoms with Gasteiger partial charge >= 0.3 is 0 Å². The van der Waals surface area contributed by atoms with E-state index in [0.29, 0.717) is 16.8 Å². The zero-order valence-corrected chi connectivity index (χ0v) is 11.5. The van der Waals surface area contributed by atoms with Gasteiger partial charge in [-0.15, -0.1) is 0 Å². The number of H-pyrrole nitrogens is 1. The largest absolute Gasteiger partial charge is 0.363 e. The number of hydrogen-bond donors (Lipinski definition) is 2. The number of pyridine rings is 1. The molecule has 0 saturated carbocycles. The molecule has 0 bridgehead atoms. The molecule has 0 aliphatic rings. The van der Waals surface area contributed by atoms with Gasteiger partial charge in [0, 0.05) is 6.20 Å². The van der Waals surface area contributed by atoms with E-state index in [4.69, 9.17) is 0 Å². The zero-order valence-electron chi connectivity index (χ0n) is 9.90. The van der Waals surface area contributed by atoms with Gasteiger partial charge in [0.05, 0.1) is 18.6 Å². The molecule has 0 saturated heterocycles. The first kappa shape index (κ1) is 12.8. The summed E-state index contributed by atoms with van der Waals surface area (Å²) in [5, 5.41) is 3.10. The number of nitrogens with one attached hydrogen (secondary N) is 2. The van der Waals surface area contributed by atoms with Crippen LogP contribution in [-0.4, -0.2) is 15.0 Å². The third-order valence-corrected chi connectivity index (χ3v) is 3.32. The summed E-state index contributed by atoms with van der Waals surface area (Å²) in [5.41, 5.74) is 1.95. The number of anilines is 1. The van der Waals surface area contributed by atoms with Gasteiger partial charge in [0.25, 0.3) is 5.56 Å². The minimum Gasteiger partial charge on any atom is -0.363 e. The molecule has 0 aliphatic carbocycles. The van der Waals surface area contributed by atoms with Gasteiger partial charge in [-0.05, 0) is 34.0 Å². The van der Waals surface area contributed by atoms with Crippen LogP contribution in [0.5, 0.6) is 0 Å². The SMILES string of the molecule is CCc1cccnc1CNc1nc[nH]c(=O)c1Br. The molecule has 2 aromatic heterocycles. The van der Waals surface area contributed by atoms with E-state index in [9.17, 15) is 4.79 Å². The van der Waals surface area contributed by atoms with Crippen molar-refractivity contribution in [3.63, 3.8) is 0 Å². The van der Waals surface area contributed by atoms with Gasteiger partial charge in [-0.25, -0.2) is 4.98 Å². The summed E-state index contributed by atoms with van der Waals surface area (Å²) < 4.78 is 0.402. The summed E-state index contributed by atoms with van der Waals surface area (Å²) in [7, 11) is 0. The second-order valence-corrected chi connectivity index (χ2v) is 4.50. The Morgan fingerprint density at radius 1 is 1.44 bits per heavy atom. The van der Waals surface area contributed by atoms with Crippen molar-refractivity contribution < 1.29 is 0 Å². The Morgan fingerprint density at radius 3 is 3.06 bits per heavy atom. The monoisotopic (exact) mass is 308 g/mol. The van der Waals surface area contributed by atoms with E-state index in [1.165, 1.54) is 11.9 Å². The lowest BCUT2D eigenvalue weighted by atomic mass is 10.1. The number of aryl methyl sites for hydroxylation is 1. The van der Waals surface area contributed by atoms with Gasteiger partial charge in [0.2, 0.25) is 0 Å². The molecule has 2 heterocycles. The first-order valence-corrected chi connectivity index (χ1v) is 6.41. The van der Waals surface area contributed by atoms with Crippen LogP contribution in [0, 0.1) is 0 Å². The number of hydrogen-bond acceptors (Lipinski definition) is 4. The van der Waals surface area contributed by atoms with Crippen LogP contribution in [0.15, 0.2) is 33.9 Å². The highest BCUT2D eigenvalue weighted by Gasteiger charge is 2.06. The Bertz CT molecular complexity index is 597. The van der Waals surface area contributed by atoms with Gasteiger partial charge < -0.3 is 10.3 Å². The van der Waals surface area contributed by atoms with Gasteiger partial charge in [-0.3, -0.25) is 9.78 Å². The predicted octanol–water partition coefficient (Wildman–Crippen LogP) is 2.10. The highest BCUT2D eigenvalue weighted by molar-refractivity contribution is 9.10. The van der Waals surface area contributed by atoms with Crippen LogP contribution < -0.4 is 10.9 Å². The molecule has 0 aliphatic heterocycles. The number of aromatic nitrogens is 3. The van der Waals surface area contributed by atoms with Crippen LogP contribution in [-0.2, 0) is 13.0 Å². The van der Waals surface area contributed by atoms with Gasteiger partial charge in [0.15, 0.2) is 0 Å². The minimum absolute atomic E-state index is 0.204. The summed E-state index contributed by atoms with van der Waals surface area (Å²) in [5.74, 6) is 0.520. The molecule has 5 nitrogen and oxygen atoms in total. The summed E-state index contributed by atoms with van der Waals surface area (Å²) >= 11 is 3.20. The lowest BCUT2D eigenvalue weighted by Gasteiger charge is -2.09. The third kappa shape index (κ3) is 2.76. The fourth-order valence-corrected chi connectivity index (χ4v) is 1.98. The van der Waals surface area contributed by atoms with Gasteiger partial charge in [-0.1, -0.05) is 13.0 Å². The number of aromatic amines is 1. The molecular formula is C12H13BrN4O. The topological polar surface area (TPSA) is 70.7 Å². The lowest BCUT2D eigenvalue weighted by Crippen LogP contribution is -2.13. The van der Waals surface area contributed by atoms with Crippen molar-refractivity contribution in [3.05, 3.63) is 50.7 Å². The first-order valence-electron chi connectivity index (χ1n) is 5.62. The molecule has 0 aromatic carbocycles. The summed E-state index contributed by atoms with van der Waals surface area (Å²) in [4.78, 5) is 22.3. The molecule has 6 heteroatoms. The fourth-order valence-electron chi connectivity index (χ4n) is 1.63. The normalized spacial score (nSPS) is 10.3. The van der Waals surface area contributed by atoms with E-state index in [0.717, 1.165) is 12.1 Å². The third-order valence-electron chi connectivity index (χ3n) is 2.59. The summed E-state index contributed by atoms with van der Waals surface area (Å²) in [6.45, 7) is 2.63. The van der Waals surface area contributed by atoms with Crippen LogP contribution in [0.3, 0.4) is 0 Å². The zero-order chi connectivity index (χ0) is 13.0. The average molecular weight is 309 g/mol. The molecule has 0 atom stereocenters. The maximum Gasteiger partial charge on any atom is 0.267 e. The fraction of sp³-hybridized carbons (Fsp3) is 0.250. The number of nitrogens with zero attached hydrogens (tertiary/aromatic N) is 2. The Kier molecular flexibility index (Phi) is 4.09. The Labute approximate surface area is 113 Å². The molecule has 0 fully saturated rings. The van der Waals surface area contributed by atoms with Crippen LogP contribution in [0.25, 0.3) is 0 Å². The standard InChI is InChI=1S/C12H13BrN4O/c1-2-8-4-3-5-14-9(8)6-15-11-10(13)12(18)17-7-16-11/h3-5,7H,2,6H2,1H3,(H2,15,16,17,18).